The van der Waals surface area contributed by atoms with E-state index in [1.807, 2.05) is 12.1 Å². The first kappa shape index (κ1) is 15.0. The zero-order chi connectivity index (χ0) is 17.3. The number of nitrogens with zero attached hydrogens (tertiary/aromatic N) is 3. The molecule has 5 rings (SSSR count). The van der Waals surface area contributed by atoms with Gasteiger partial charge in [-0.15, -0.1) is 0 Å². The summed E-state index contributed by atoms with van der Waals surface area (Å²) >= 11 is 0. The first-order chi connectivity index (χ1) is 12.9. The summed E-state index contributed by atoms with van der Waals surface area (Å²) in [5, 5.41) is 2.40. The van der Waals surface area contributed by atoms with E-state index in [-0.39, 0.29) is 0 Å². The zero-order valence-electron chi connectivity index (χ0n) is 14.3. The number of aryl methyl sites for hydroxylation is 1. The molecule has 1 aliphatic rings. The third kappa shape index (κ3) is 2.68. The minimum atomic E-state index is 0.707. The van der Waals surface area contributed by atoms with Crippen LogP contribution < -0.4 is 0 Å². The van der Waals surface area contributed by atoms with Gasteiger partial charge in [-0.1, -0.05) is 60.7 Å². The smallest absolute Gasteiger partial charge is 0.163 e. The van der Waals surface area contributed by atoms with E-state index in [1.165, 1.54) is 21.9 Å². The molecule has 4 aromatic rings. The molecule has 3 nitrogen and oxygen atoms in total. The summed E-state index contributed by atoms with van der Waals surface area (Å²) in [6, 6.07) is 21.1. The monoisotopic (exact) mass is 335 g/mol. The van der Waals surface area contributed by atoms with Crippen molar-refractivity contribution < 1.29 is 0 Å². The first-order valence-corrected chi connectivity index (χ1v) is 8.85. The van der Waals surface area contributed by atoms with Crippen LogP contribution in [0.1, 0.15) is 17.5 Å². The molecule has 0 N–H and O–H groups in total. The van der Waals surface area contributed by atoms with Crippen molar-refractivity contribution in [2.24, 2.45) is 0 Å². The molecule has 3 heteroatoms. The van der Waals surface area contributed by atoms with Gasteiger partial charge in [0.15, 0.2) is 11.6 Å². The predicted octanol–water partition coefficient (Wildman–Crippen LogP) is 5.32. The maximum atomic E-state index is 4.73. The van der Waals surface area contributed by atoms with Gasteiger partial charge >= 0.3 is 0 Å². The fourth-order valence-electron chi connectivity index (χ4n) is 3.48. The average molecular weight is 335 g/mol. The van der Waals surface area contributed by atoms with Crippen molar-refractivity contribution in [2.45, 2.75) is 12.8 Å². The molecule has 3 aromatic carbocycles. The molecule has 26 heavy (non-hydrogen) atoms. The molecule has 0 amide bonds. The molecule has 0 fully saturated rings. The Morgan fingerprint density at radius 1 is 0.731 bits per heavy atom. The van der Waals surface area contributed by atoms with Crippen LogP contribution in [0.25, 0.3) is 39.6 Å². The SMILES string of the molecule is C1=Cc2ccc(-c3ncnc(-c4ccc5ccccc5c4)n3)cc2CC1. The van der Waals surface area contributed by atoms with Gasteiger partial charge in [-0.05, 0) is 46.9 Å². The first-order valence-electron chi connectivity index (χ1n) is 8.85. The molecule has 0 atom stereocenters. The minimum absolute atomic E-state index is 0.707. The summed E-state index contributed by atoms with van der Waals surface area (Å²) in [6.45, 7) is 0. The molecule has 0 saturated heterocycles. The van der Waals surface area contributed by atoms with E-state index in [0.717, 1.165) is 29.8 Å². The molecule has 0 saturated carbocycles. The number of aromatic nitrogens is 3. The van der Waals surface area contributed by atoms with Crippen LogP contribution in [0, 0.1) is 0 Å². The maximum absolute atomic E-state index is 4.73. The van der Waals surface area contributed by atoms with Crippen LogP contribution in [0.5, 0.6) is 0 Å². The quantitative estimate of drug-likeness (QED) is 0.498. The van der Waals surface area contributed by atoms with E-state index >= 15 is 0 Å². The van der Waals surface area contributed by atoms with Crippen LogP contribution in [-0.4, -0.2) is 15.0 Å². The van der Waals surface area contributed by atoms with E-state index in [0.29, 0.717) is 5.82 Å². The molecule has 0 bridgehead atoms. The lowest BCUT2D eigenvalue weighted by atomic mass is 9.95. The second-order valence-electron chi connectivity index (χ2n) is 6.55. The van der Waals surface area contributed by atoms with Crippen LogP contribution in [0.4, 0.5) is 0 Å². The number of benzene rings is 3. The van der Waals surface area contributed by atoms with E-state index < -0.39 is 0 Å². The Labute approximate surface area is 152 Å². The maximum Gasteiger partial charge on any atom is 0.163 e. The molecule has 1 aliphatic carbocycles. The molecule has 1 aromatic heterocycles. The lowest BCUT2D eigenvalue weighted by molar-refractivity contribution is 0.983. The number of allylic oxidation sites excluding steroid dienone is 1. The van der Waals surface area contributed by atoms with E-state index in [1.54, 1.807) is 6.33 Å². The van der Waals surface area contributed by atoms with Crippen molar-refractivity contribution in [3.8, 4) is 22.8 Å². The Kier molecular flexibility index (Phi) is 3.56. The average Bonchev–Trinajstić information content (AvgIpc) is 2.73. The topological polar surface area (TPSA) is 38.7 Å². The van der Waals surface area contributed by atoms with Gasteiger partial charge in [0.2, 0.25) is 0 Å². The lowest BCUT2D eigenvalue weighted by Gasteiger charge is -2.12. The fourth-order valence-corrected chi connectivity index (χ4v) is 3.48. The number of hydrogen-bond acceptors (Lipinski definition) is 3. The highest BCUT2D eigenvalue weighted by Gasteiger charge is 2.10. The highest BCUT2D eigenvalue weighted by Crippen LogP contribution is 2.26. The molecular formula is C23H17N3. The number of hydrogen-bond donors (Lipinski definition) is 0. The third-order valence-corrected chi connectivity index (χ3v) is 4.86. The van der Waals surface area contributed by atoms with E-state index in [9.17, 15) is 0 Å². The normalized spacial score (nSPS) is 12.9. The Hall–Kier alpha value is -3.33. The molecular weight excluding hydrogens is 318 g/mol. The van der Waals surface area contributed by atoms with Gasteiger partial charge in [0.05, 0.1) is 0 Å². The molecule has 0 unspecified atom stereocenters. The van der Waals surface area contributed by atoms with Crippen molar-refractivity contribution in [3.63, 3.8) is 0 Å². The second kappa shape index (κ2) is 6.19. The minimum Gasteiger partial charge on any atom is -0.217 e. The summed E-state index contributed by atoms with van der Waals surface area (Å²) in [4.78, 5) is 13.5. The Balaban J connectivity index is 1.57. The van der Waals surface area contributed by atoms with Crippen LogP contribution >= 0.6 is 0 Å². The standard InChI is InChI=1S/C23H17N3/c1-3-7-18-13-20(11-9-16(18)5-1)22-24-15-25-23(26-22)21-12-10-17-6-2-4-8-19(17)14-21/h1-3,5-7,9-15H,4,8H2. The summed E-state index contributed by atoms with van der Waals surface area (Å²) < 4.78 is 0. The highest BCUT2D eigenvalue weighted by atomic mass is 15.0. The Bertz CT molecular complexity index is 1140. The highest BCUT2D eigenvalue weighted by molar-refractivity contribution is 5.86. The van der Waals surface area contributed by atoms with Gasteiger partial charge < -0.3 is 0 Å². The predicted molar refractivity (Wildman–Crippen MR) is 106 cm³/mol. The molecule has 1 heterocycles. The van der Waals surface area contributed by atoms with Gasteiger partial charge in [-0.25, -0.2) is 15.0 Å². The number of rotatable bonds is 2. The molecule has 0 aliphatic heterocycles. The summed E-state index contributed by atoms with van der Waals surface area (Å²) in [5.41, 5.74) is 4.71. The largest absolute Gasteiger partial charge is 0.217 e. The van der Waals surface area contributed by atoms with Gasteiger partial charge in [-0.3, -0.25) is 0 Å². The third-order valence-electron chi connectivity index (χ3n) is 4.86. The fraction of sp³-hybridized carbons (Fsp3) is 0.0870. The van der Waals surface area contributed by atoms with E-state index in [2.05, 4.69) is 70.7 Å². The van der Waals surface area contributed by atoms with Gasteiger partial charge in [0.25, 0.3) is 0 Å². The van der Waals surface area contributed by atoms with Crippen molar-refractivity contribution in [1.82, 2.24) is 15.0 Å². The van der Waals surface area contributed by atoms with E-state index in [4.69, 9.17) is 4.98 Å². The lowest BCUT2D eigenvalue weighted by Crippen LogP contribution is -1.98. The van der Waals surface area contributed by atoms with Gasteiger partial charge in [0, 0.05) is 11.1 Å². The molecule has 0 spiro atoms. The Morgan fingerprint density at radius 3 is 2.38 bits per heavy atom. The zero-order valence-corrected chi connectivity index (χ0v) is 14.3. The number of fused-ring (bicyclic) bond motifs is 2. The van der Waals surface area contributed by atoms with Crippen molar-refractivity contribution in [1.29, 1.82) is 0 Å². The molecule has 0 radical (unpaired) electrons. The van der Waals surface area contributed by atoms with Crippen molar-refractivity contribution in [3.05, 3.63) is 84.2 Å². The van der Waals surface area contributed by atoms with Crippen LogP contribution in [0.3, 0.4) is 0 Å². The van der Waals surface area contributed by atoms with Crippen LogP contribution in [-0.2, 0) is 6.42 Å². The van der Waals surface area contributed by atoms with Crippen molar-refractivity contribution >= 4 is 16.8 Å². The van der Waals surface area contributed by atoms with Crippen molar-refractivity contribution in [2.75, 3.05) is 0 Å². The second-order valence-corrected chi connectivity index (χ2v) is 6.55. The molecule has 124 valence electrons. The van der Waals surface area contributed by atoms with Gasteiger partial charge in [-0.2, -0.15) is 0 Å². The summed E-state index contributed by atoms with van der Waals surface area (Å²) in [5.74, 6) is 1.43. The van der Waals surface area contributed by atoms with Crippen LogP contribution in [0.2, 0.25) is 0 Å². The Morgan fingerprint density at radius 2 is 1.50 bits per heavy atom. The summed E-state index contributed by atoms with van der Waals surface area (Å²) in [6.07, 6.45) is 8.18. The van der Waals surface area contributed by atoms with Gasteiger partial charge in [0.1, 0.15) is 6.33 Å². The van der Waals surface area contributed by atoms with Crippen LogP contribution in [0.15, 0.2) is 73.1 Å². The summed E-state index contributed by atoms with van der Waals surface area (Å²) in [7, 11) is 0.